The lowest BCUT2D eigenvalue weighted by Crippen LogP contribution is -2.14. The summed E-state index contributed by atoms with van der Waals surface area (Å²) in [5, 5.41) is 10.3. The lowest BCUT2D eigenvalue weighted by molar-refractivity contribution is 0.102. The van der Waals surface area contributed by atoms with Gasteiger partial charge in [-0.3, -0.25) is 9.48 Å². The molecule has 0 atom stereocenters. The quantitative estimate of drug-likeness (QED) is 0.459. The largest absolute Gasteiger partial charge is 0.304 e. The number of hydrogen-bond acceptors (Lipinski definition) is 4. The first-order chi connectivity index (χ1) is 14.8. The molecule has 0 unspecified atom stereocenters. The molecule has 4 rings (SSSR count). The van der Waals surface area contributed by atoms with Crippen LogP contribution >= 0.6 is 0 Å². The number of nitrogens with one attached hydrogen (secondary N) is 1. The number of benzene rings is 1. The topological polar surface area (TPSA) is 77.1 Å². The lowest BCUT2D eigenvalue weighted by Gasteiger charge is -2.06. The second-order valence-electron chi connectivity index (χ2n) is 6.45. The van der Waals surface area contributed by atoms with Crippen molar-refractivity contribution in [2.45, 2.75) is 19.4 Å². The Morgan fingerprint density at radius 2 is 1.81 bits per heavy atom. The molecule has 0 radical (unpaired) electrons. The maximum absolute atomic E-state index is 13.8. The third-order valence-electron chi connectivity index (χ3n) is 4.33. The number of carbonyl (C=O) groups is 1. The van der Waals surface area contributed by atoms with Crippen LogP contribution in [0.25, 0.3) is 5.65 Å². The van der Waals surface area contributed by atoms with Crippen molar-refractivity contribution in [1.82, 2.24) is 24.4 Å². The third-order valence-corrected chi connectivity index (χ3v) is 4.33. The van der Waals surface area contributed by atoms with Gasteiger partial charge < -0.3 is 5.32 Å². The Bertz CT molecular complexity index is 1250. The summed E-state index contributed by atoms with van der Waals surface area (Å²) in [5.74, 6) is -1.10. The van der Waals surface area contributed by atoms with E-state index in [1.165, 1.54) is 23.0 Å². The van der Waals surface area contributed by atoms with E-state index in [4.69, 9.17) is 0 Å². The van der Waals surface area contributed by atoms with Gasteiger partial charge in [0, 0.05) is 23.9 Å². The highest BCUT2D eigenvalue weighted by molar-refractivity contribution is 6.02. The van der Waals surface area contributed by atoms with Gasteiger partial charge in [0.25, 0.3) is 18.8 Å². The van der Waals surface area contributed by atoms with Crippen LogP contribution in [0.4, 0.5) is 27.8 Å². The van der Waals surface area contributed by atoms with E-state index in [-0.39, 0.29) is 23.7 Å². The highest BCUT2D eigenvalue weighted by Crippen LogP contribution is 2.25. The number of fused-ring (bicyclic) bond motifs is 1. The normalized spacial score (nSPS) is 11.6. The Balaban J connectivity index is 1.56. The molecule has 1 amide bonds. The van der Waals surface area contributed by atoms with Crippen molar-refractivity contribution >= 4 is 17.4 Å². The van der Waals surface area contributed by atoms with Crippen LogP contribution in [0.15, 0.2) is 48.7 Å². The standard InChI is InChI=1S/C19H13F5N6O/c20-11-4-2-1-3-10(11)9-29-6-5-15(28-29)26-19(31)13-8-16-25-12(17(21)22)7-14(18(23)24)30(16)27-13/h1-8,17-18H,9H2,(H,26,28,31). The number of alkyl halides is 4. The molecule has 4 aromatic rings. The first-order valence-corrected chi connectivity index (χ1v) is 8.87. The lowest BCUT2D eigenvalue weighted by atomic mass is 10.2. The Kier molecular flexibility index (Phi) is 5.36. The van der Waals surface area contributed by atoms with Gasteiger partial charge in [-0.15, -0.1) is 0 Å². The molecule has 0 aliphatic carbocycles. The number of aromatic nitrogens is 5. The molecular weight excluding hydrogens is 423 g/mol. The van der Waals surface area contributed by atoms with E-state index in [9.17, 15) is 26.7 Å². The van der Waals surface area contributed by atoms with Crippen LogP contribution in [-0.4, -0.2) is 30.3 Å². The van der Waals surface area contributed by atoms with Gasteiger partial charge in [0.2, 0.25) is 0 Å². The van der Waals surface area contributed by atoms with Gasteiger partial charge in [-0.05, 0) is 12.1 Å². The minimum Gasteiger partial charge on any atom is -0.304 e. The van der Waals surface area contributed by atoms with E-state index < -0.39 is 36.0 Å². The van der Waals surface area contributed by atoms with Crippen molar-refractivity contribution in [3.05, 3.63) is 77.1 Å². The van der Waals surface area contributed by atoms with Crippen LogP contribution in [0, 0.1) is 5.82 Å². The number of rotatable bonds is 6. The van der Waals surface area contributed by atoms with Gasteiger partial charge in [0.15, 0.2) is 17.2 Å². The van der Waals surface area contributed by atoms with E-state index in [2.05, 4.69) is 20.5 Å². The zero-order chi connectivity index (χ0) is 22.1. The average molecular weight is 436 g/mol. The van der Waals surface area contributed by atoms with Gasteiger partial charge in [0.05, 0.1) is 6.54 Å². The molecule has 0 fully saturated rings. The summed E-state index contributed by atoms with van der Waals surface area (Å²) in [5.41, 5.74) is -1.90. The Morgan fingerprint density at radius 3 is 2.52 bits per heavy atom. The number of halogens is 5. The Morgan fingerprint density at radius 1 is 1.03 bits per heavy atom. The molecule has 1 N–H and O–H groups in total. The highest BCUT2D eigenvalue weighted by atomic mass is 19.3. The van der Waals surface area contributed by atoms with Crippen molar-refractivity contribution in [3.8, 4) is 0 Å². The van der Waals surface area contributed by atoms with E-state index in [1.54, 1.807) is 18.2 Å². The molecule has 0 aliphatic heterocycles. The minimum atomic E-state index is -3.10. The van der Waals surface area contributed by atoms with Gasteiger partial charge in [-0.25, -0.2) is 31.5 Å². The van der Waals surface area contributed by atoms with Crippen LogP contribution < -0.4 is 5.32 Å². The SMILES string of the molecule is O=C(Nc1ccn(Cc2ccccc2F)n1)c1cc2nc(C(F)F)cc(C(F)F)n2n1. The zero-order valence-electron chi connectivity index (χ0n) is 15.5. The Labute approximate surface area is 171 Å². The molecule has 0 bridgehead atoms. The fourth-order valence-corrected chi connectivity index (χ4v) is 2.89. The molecule has 12 heteroatoms. The molecule has 0 aliphatic rings. The number of amides is 1. The van der Waals surface area contributed by atoms with Crippen LogP contribution in [0.2, 0.25) is 0 Å². The molecule has 0 spiro atoms. The number of nitrogens with zero attached hydrogens (tertiary/aromatic N) is 5. The average Bonchev–Trinajstić information content (AvgIpc) is 3.35. The summed E-state index contributed by atoms with van der Waals surface area (Å²) >= 11 is 0. The second kappa shape index (κ2) is 8.13. The summed E-state index contributed by atoms with van der Waals surface area (Å²) < 4.78 is 68.1. The van der Waals surface area contributed by atoms with E-state index in [0.29, 0.717) is 16.1 Å². The number of carbonyl (C=O) groups excluding carboxylic acids is 1. The van der Waals surface area contributed by atoms with Gasteiger partial charge in [-0.1, -0.05) is 18.2 Å². The zero-order valence-corrected chi connectivity index (χ0v) is 15.5. The first-order valence-electron chi connectivity index (χ1n) is 8.87. The molecule has 31 heavy (non-hydrogen) atoms. The summed E-state index contributed by atoms with van der Waals surface area (Å²) in [6, 6.07) is 9.15. The Hall–Kier alpha value is -3.83. The fraction of sp³-hybridized carbons (Fsp3) is 0.158. The second-order valence-corrected chi connectivity index (χ2v) is 6.45. The van der Waals surface area contributed by atoms with Crippen LogP contribution in [0.5, 0.6) is 0 Å². The minimum absolute atomic E-state index is 0.105. The van der Waals surface area contributed by atoms with Gasteiger partial charge in [-0.2, -0.15) is 10.2 Å². The number of hydrogen-bond donors (Lipinski definition) is 1. The maximum Gasteiger partial charge on any atom is 0.280 e. The smallest absolute Gasteiger partial charge is 0.280 e. The molecule has 160 valence electrons. The van der Waals surface area contributed by atoms with Crippen molar-refractivity contribution in [2.75, 3.05) is 5.32 Å². The van der Waals surface area contributed by atoms with Crippen molar-refractivity contribution in [2.24, 2.45) is 0 Å². The molecular formula is C19H13F5N6O. The molecule has 1 aromatic carbocycles. The monoisotopic (exact) mass is 436 g/mol. The van der Waals surface area contributed by atoms with Gasteiger partial charge >= 0.3 is 0 Å². The summed E-state index contributed by atoms with van der Waals surface area (Å²) in [6.07, 6.45) is -4.65. The maximum atomic E-state index is 13.8. The highest BCUT2D eigenvalue weighted by Gasteiger charge is 2.22. The van der Waals surface area contributed by atoms with Crippen LogP contribution in [0.3, 0.4) is 0 Å². The van der Waals surface area contributed by atoms with Crippen molar-refractivity contribution in [3.63, 3.8) is 0 Å². The first kappa shape index (κ1) is 20.4. The summed E-state index contributed by atoms with van der Waals surface area (Å²) in [7, 11) is 0. The predicted octanol–water partition coefficient (Wildman–Crippen LogP) is 4.24. The van der Waals surface area contributed by atoms with Crippen LogP contribution in [-0.2, 0) is 6.54 Å². The van der Waals surface area contributed by atoms with E-state index in [0.717, 1.165) is 6.07 Å². The third kappa shape index (κ3) is 4.22. The summed E-state index contributed by atoms with van der Waals surface area (Å²) in [6.45, 7) is 0.120. The van der Waals surface area contributed by atoms with Crippen LogP contribution in [0.1, 0.15) is 40.3 Å². The molecule has 3 aromatic heterocycles. The van der Waals surface area contributed by atoms with Crippen molar-refractivity contribution < 1.29 is 26.7 Å². The number of anilines is 1. The summed E-state index contributed by atoms with van der Waals surface area (Å²) in [4.78, 5) is 16.0. The fourth-order valence-electron chi connectivity index (χ4n) is 2.89. The molecule has 3 heterocycles. The van der Waals surface area contributed by atoms with E-state index in [1.807, 2.05) is 0 Å². The van der Waals surface area contributed by atoms with Crippen molar-refractivity contribution in [1.29, 1.82) is 0 Å². The van der Waals surface area contributed by atoms with E-state index >= 15 is 0 Å². The molecule has 7 nitrogen and oxygen atoms in total. The predicted molar refractivity (Wildman–Crippen MR) is 98.6 cm³/mol. The molecule has 0 saturated carbocycles. The van der Waals surface area contributed by atoms with Gasteiger partial charge in [0.1, 0.15) is 17.2 Å². The molecule has 0 saturated heterocycles.